The minimum atomic E-state index is -0.278. The molecule has 1 aromatic carbocycles. The first-order valence-electron chi connectivity index (χ1n) is 6.14. The van der Waals surface area contributed by atoms with Gasteiger partial charge in [0.05, 0.1) is 0 Å². The van der Waals surface area contributed by atoms with Crippen LogP contribution in [0.3, 0.4) is 0 Å². The van der Waals surface area contributed by atoms with E-state index in [1.165, 1.54) is 0 Å². The largest absolute Gasteiger partial charge is 0.357 e. The summed E-state index contributed by atoms with van der Waals surface area (Å²) >= 11 is 5.14. The highest BCUT2D eigenvalue weighted by Gasteiger charge is 2.06. The van der Waals surface area contributed by atoms with Gasteiger partial charge >= 0.3 is 0 Å². The second kappa shape index (κ2) is 6.21. The van der Waals surface area contributed by atoms with Crippen LogP contribution in [0.4, 0.5) is 5.69 Å². The number of aromatic nitrogens is 1. The SMILES string of the molecule is Cc1ccc(C)c(NC(=S)NNC(=O)c2ccc[nH]2)c1. The van der Waals surface area contributed by atoms with Gasteiger partial charge in [0.1, 0.15) is 5.69 Å². The van der Waals surface area contributed by atoms with Crippen LogP contribution in [0.15, 0.2) is 36.5 Å². The second-order valence-electron chi connectivity index (χ2n) is 4.44. The number of H-pyrrole nitrogens is 1. The third-order valence-electron chi connectivity index (χ3n) is 2.77. The van der Waals surface area contributed by atoms with Gasteiger partial charge in [0.15, 0.2) is 5.11 Å². The molecule has 0 aliphatic carbocycles. The minimum absolute atomic E-state index is 0.278. The Balaban J connectivity index is 1.90. The Morgan fingerprint density at radius 1 is 1.20 bits per heavy atom. The number of nitrogens with one attached hydrogen (secondary N) is 4. The number of carbonyl (C=O) groups is 1. The molecule has 1 heterocycles. The molecule has 0 spiro atoms. The minimum Gasteiger partial charge on any atom is -0.357 e. The van der Waals surface area contributed by atoms with Crippen molar-refractivity contribution < 1.29 is 4.79 Å². The van der Waals surface area contributed by atoms with Crippen LogP contribution >= 0.6 is 12.2 Å². The van der Waals surface area contributed by atoms with Crippen LogP contribution in [0.25, 0.3) is 0 Å². The van der Waals surface area contributed by atoms with Crippen LogP contribution in [-0.4, -0.2) is 16.0 Å². The van der Waals surface area contributed by atoms with Crippen LogP contribution < -0.4 is 16.2 Å². The van der Waals surface area contributed by atoms with E-state index in [4.69, 9.17) is 12.2 Å². The Labute approximate surface area is 122 Å². The topological polar surface area (TPSA) is 68.9 Å². The average molecular weight is 288 g/mol. The van der Waals surface area contributed by atoms with Crippen LogP contribution in [0.1, 0.15) is 21.6 Å². The highest BCUT2D eigenvalue weighted by molar-refractivity contribution is 7.80. The van der Waals surface area contributed by atoms with Crippen molar-refractivity contribution in [2.75, 3.05) is 5.32 Å². The maximum absolute atomic E-state index is 11.7. The number of amides is 1. The van der Waals surface area contributed by atoms with Crippen molar-refractivity contribution in [2.24, 2.45) is 0 Å². The first-order chi connectivity index (χ1) is 9.56. The molecule has 104 valence electrons. The predicted octanol–water partition coefficient (Wildman–Crippen LogP) is 2.26. The fraction of sp³-hybridized carbons (Fsp3) is 0.143. The molecular weight excluding hydrogens is 272 g/mol. The molecule has 4 N–H and O–H groups in total. The first kappa shape index (κ1) is 14.1. The van der Waals surface area contributed by atoms with Gasteiger partial charge in [-0.15, -0.1) is 0 Å². The Morgan fingerprint density at radius 2 is 2.00 bits per heavy atom. The number of anilines is 1. The maximum atomic E-state index is 11.7. The number of carbonyl (C=O) groups excluding carboxylic acids is 1. The van der Waals surface area contributed by atoms with E-state index in [1.807, 2.05) is 32.0 Å². The van der Waals surface area contributed by atoms with Gasteiger partial charge in [-0.1, -0.05) is 12.1 Å². The summed E-state index contributed by atoms with van der Waals surface area (Å²) in [6.07, 6.45) is 1.68. The summed E-state index contributed by atoms with van der Waals surface area (Å²) in [5, 5.41) is 3.38. The molecule has 20 heavy (non-hydrogen) atoms. The van der Waals surface area contributed by atoms with E-state index in [2.05, 4.69) is 21.2 Å². The van der Waals surface area contributed by atoms with E-state index in [1.54, 1.807) is 18.3 Å². The lowest BCUT2D eigenvalue weighted by Gasteiger charge is -2.13. The van der Waals surface area contributed by atoms with Crippen molar-refractivity contribution in [1.82, 2.24) is 15.8 Å². The van der Waals surface area contributed by atoms with E-state index in [0.717, 1.165) is 16.8 Å². The number of hydrogen-bond donors (Lipinski definition) is 4. The monoisotopic (exact) mass is 288 g/mol. The van der Waals surface area contributed by atoms with Crippen molar-refractivity contribution in [1.29, 1.82) is 0 Å². The summed E-state index contributed by atoms with van der Waals surface area (Å²) < 4.78 is 0. The first-order valence-corrected chi connectivity index (χ1v) is 6.55. The zero-order chi connectivity index (χ0) is 14.5. The van der Waals surface area contributed by atoms with Crippen molar-refractivity contribution in [2.45, 2.75) is 13.8 Å². The van der Waals surface area contributed by atoms with Crippen LogP contribution in [-0.2, 0) is 0 Å². The van der Waals surface area contributed by atoms with Crippen molar-refractivity contribution in [3.63, 3.8) is 0 Å². The number of rotatable bonds is 2. The van der Waals surface area contributed by atoms with Crippen LogP contribution in [0.2, 0.25) is 0 Å². The third kappa shape index (κ3) is 3.58. The highest BCUT2D eigenvalue weighted by atomic mass is 32.1. The summed E-state index contributed by atoms with van der Waals surface area (Å²) in [4.78, 5) is 14.5. The van der Waals surface area contributed by atoms with Crippen molar-refractivity contribution in [3.05, 3.63) is 53.3 Å². The quantitative estimate of drug-likeness (QED) is 0.505. The molecule has 5 nitrogen and oxygen atoms in total. The molecule has 0 bridgehead atoms. The second-order valence-corrected chi connectivity index (χ2v) is 4.84. The van der Waals surface area contributed by atoms with Gasteiger partial charge in [-0.2, -0.15) is 0 Å². The van der Waals surface area contributed by atoms with Crippen molar-refractivity contribution in [3.8, 4) is 0 Å². The van der Waals surface area contributed by atoms with E-state index in [0.29, 0.717) is 10.8 Å². The van der Waals surface area contributed by atoms with Gasteiger partial charge in [0.25, 0.3) is 5.91 Å². The Kier molecular flexibility index (Phi) is 4.37. The molecule has 1 amide bonds. The molecule has 6 heteroatoms. The zero-order valence-electron chi connectivity index (χ0n) is 11.3. The molecule has 2 aromatic rings. The average Bonchev–Trinajstić information content (AvgIpc) is 2.94. The number of benzene rings is 1. The molecule has 0 unspecified atom stereocenters. The Hall–Kier alpha value is -2.34. The normalized spacial score (nSPS) is 9.90. The van der Waals surface area contributed by atoms with Crippen LogP contribution in [0, 0.1) is 13.8 Å². The molecule has 0 aliphatic rings. The summed E-state index contributed by atoms with van der Waals surface area (Å²) in [5.41, 5.74) is 8.77. The summed E-state index contributed by atoms with van der Waals surface area (Å²) in [5.74, 6) is -0.278. The van der Waals surface area contributed by atoms with Crippen LogP contribution in [0.5, 0.6) is 0 Å². The molecule has 0 aliphatic heterocycles. The zero-order valence-corrected chi connectivity index (χ0v) is 12.1. The van der Waals surface area contributed by atoms with E-state index in [9.17, 15) is 4.79 Å². The van der Waals surface area contributed by atoms with Crippen molar-refractivity contribution >= 4 is 28.9 Å². The standard InChI is InChI=1S/C14H16N4OS/c1-9-5-6-10(2)12(8-9)16-14(20)18-17-13(19)11-4-3-7-15-11/h3-8,15H,1-2H3,(H,17,19)(H2,16,18,20). The molecule has 1 aromatic heterocycles. The summed E-state index contributed by atoms with van der Waals surface area (Å²) in [7, 11) is 0. The molecule has 2 rings (SSSR count). The van der Waals surface area contributed by atoms with Gasteiger partial charge in [-0.05, 0) is 55.4 Å². The lowest BCUT2D eigenvalue weighted by molar-refractivity contribution is 0.0940. The lowest BCUT2D eigenvalue weighted by atomic mass is 10.1. The maximum Gasteiger partial charge on any atom is 0.286 e. The van der Waals surface area contributed by atoms with E-state index < -0.39 is 0 Å². The molecule has 0 saturated carbocycles. The predicted molar refractivity (Wildman–Crippen MR) is 83.5 cm³/mol. The molecule has 0 atom stereocenters. The van der Waals surface area contributed by atoms with Gasteiger partial charge in [0, 0.05) is 11.9 Å². The van der Waals surface area contributed by atoms with E-state index in [-0.39, 0.29) is 5.91 Å². The number of thiocarbonyl (C=S) groups is 1. The van der Waals surface area contributed by atoms with E-state index >= 15 is 0 Å². The fourth-order valence-electron chi connectivity index (χ4n) is 1.68. The van der Waals surface area contributed by atoms with Gasteiger partial charge in [0.2, 0.25) is 0 Å². The number of hydrazine groups is 1. The molecule has 0 radical (unpaired) electrons. The third-order valence-corrected chi connectivity index (χ3v) is 2.98. The van der Waals surface area contributed by atoms with Gasteiger partial charge < -0.3 is 10.3 Å². The molecular formula is C14H16N4OS. The highest BCUT2D eigenvalue weighted by Crippen LogP contribution is 2.15. The lowest BCUT2D eigenvalue weighted by Crippen LogP contribution is -2.43. The van der Waals surface area contributed by atoms with Gasteiger partial charge in [-0.25, -0.2) is 0 Å². The number of hydrogen-bond acceptors (Lipinski definition) is 2. The summed E-state index contributed by atoms with van der Waals surface area (Å²) in [6, 6.07) is 9.47. The number of aryl methyl sites for hydroxylation is 2. The molecule has 0 fully saturated rings. The Bertz CT molecular complexity index is 622. The molecule has 0 saturated heterocycles. The fourth-order valence-corrected chi connectivity index (χ4v) is 1.84. The smallest absolute Gasteiger partial charge is 0.286 e. The van der Waals surface area contributed by atoms with Gasteiger partial charge in [-0.3, -0.25) is 15.6 Å². The number of aromatic amines is 1. The Morgan fingerprint density at radius 3 is 2.70 bits per heavy atom. The summed E-state index contributed by atoms with van der Waals surface area (Å²) in [6.45, 7) is 4.00.